The summed E-state index contributed by atoms with van der Waals surface area (Å²) in [5, 5.41) is 2.89. The maximum atomic E-state index is 11.6. The molecule has 1 atom stereocenters. The summed E-state index contributed by atoms with van der Waals surface area (Å²) in [6.45, 7) is 5.60. The summed E-state index contributed by atoms with van der Waals surface area (Å²) < 4.78 is 0. The number of nitrogens with one attached hydrogen (secondary N) is 1. The number of nitrogens with zero attached hydrogens (tertiary/aromatic N) is 1. The number of halogens is 2. The lowest BCUT2D eigenvalue weighted by Crippen LogP contribution is -2.38. The van der Waals surface area contributed by atoms with Crippen molar-refractivity contribution in [3.05, 3.63) is 35.4 Å². The molecule has 0 aromatic heterocycles. The fourth-order valence-electron chi connectivity index (χ4n) is 2.59. The van der Waals surface area contributed by atoms with Crippen LogP contribution in [0.15, 0.2) is 24.3 Å². The summed E-state index contributed by atoms with van der Waals surface area (Å²) in [5.74, 6) is -0.0993. The molecule has 1 saturated heterocycles. The van der Waals surface area contributed by atoms with Crippen LogP contribution in [0.1, 0.15) is 37.3 Å². The molecule has 1 aromatic rings. The van der Waals surface area contributed by atoms with Crippen LogP contribution in [0, 0.1) is 0 Å². The van der Waals surface area contributed by atoms with Gasteiger partial charge in [-0.1, -0.05) is 30.7 Å². The Balaban J connectivity index is 0.00000220. The first-order chi connectivity index (χ1) is 9.66. The van der Waals surface area contributed by atoms with Crippen LogP contribution in [-0.4, -0.2) is 29.9 Å². The number of carbonyl (C=O) groups is 1. The number of nitrogens with two attached hydrogens (primary N) is 1. The van der Waals surface area contributed by atoms with Gasteiger partial charge in [0, 0.05) is 13.1 Å². The maximum absolute atomic E-state index is 11.6. The summed E-state index contributed by atoms with van der Waals surface area (Å²) in [5.41, 5.74) is 8.06. The molecule has 1 heterocycles. The smallest absolute Gasteiger partial charge is 0.236 e. The quantitative estimate of drug-likeness (QED) is 0.860. The number of hydrogen-bond acceptors (Lipinski definition) is 3. The van der Waals surface area contributed by atoms with Crippen molar-refractivity contribution in [1.29, 1.82) is 0 Å². The van der Waals surface area contributed by atoms with Gasteiger partial charge < -0.3 is 11.1 Å². The lowest BCUT2D eigenvalue weighted by Gasteiger charge is -2.27. The standard InChI is InChI=1S/C16H25N3O.2ClH/c1-13(17)16(20)18-11-14-7-3-4-8-15(14)12-19-9-5-2-6-10-19;;/h3-4,7-8,13H,2,5-6,9-12,17H2,1H3,(H,18,20);2*1H/t13-;;/m1../s1. The van der Waals surface area contributed by atoms with Crippen molar-refractivity contribution in [1.82, 2.24) is 10.2 Å². The molecule has 0 bridgehead atoms. The number of piperidine rings is 1. The third-order valence-electron chi connectivity index (χ3n) is 3.83. The molecule has 1 amide bonds. The van der Waals surface area contributed by atoms with E-state index in [1.807, 2.05) is 6.07 Å². The lowest BCUT2D eigenvalue weighted by atomic mass is 10.0. The highest BCUT2D eigenvalue weighted by atomic mass is 35.5. The van der Waals surface area contributed by atoms with Crippen LogP contribution < -0.4 is 11.1 Å². The van der Waals surface area contributed by atoms with Crippen LogP contribution in [0.3, 0.4) is 0 Å². The van der Waals surface area contributed by atoms with Crippen LogP contribution in [0.4, 0.5) is 0 Å². The second kappa shape index (κ2) is 10.8. The number of carbonyl (C=O) groups excluding carboxylic acids is 1. The second-order valence-corrected chi connectivity index (χ2v) is 5.61. The summed E-state index contributed by atoms with van der Waals surface area (Å²) >= 11 is 0. The van der Waals surface area contributed by atoms with E-state index >= 15 is 0 Å². The SMILES string of the molecule is C[C@@H](N)C(=O)NCc1ccccc1CN1CCCCC1.Cl.Cl. The van der Waals surface area contributed by atoms with Crippen molar-refractivity contribution in [2.45, 2.75) is 45.3 Å². The fourth-order valence-corrected chi connectivity index (χ4v) is 2.59. The highest BCUT2D eigenvalue weighted by molar-refractivity contribution is 5.85. The van der Waals surface area contributed by atoms with E-state index in [1.165, 1.54) is 43.5 Å². The van der Waals surface area contributed by atoms with E-state index in [9.17, 15) is 4.79 Å². The Bertz CT molecular complexity index is 449. The fraction of sp³-hybridized carbons (Fsp3) is 0.562. The minimum Gasteiger partial charge on any atom is -0.351 e. The molecular formula is C16H27Cl2N3O. The predicted molar refractivity (Wildman–Crippen MR) is 95.6 cm³/mol. The van der Waals surface area contributed by atoms with Crippen LogP contribution in [0.5, 0.6) is 0 Å². The first-order valence-corrected chi connectivity index (χ1v) is 7.49. The van der Waals surface area contributed by atoms with E-state index < -0.39 is 6.04 Å². The first kappa shape index (κ1) is 21.2. The number of benzene rings is 1. The molecule has 3 N–H and O–H groups in total. The first-order valence-electron chi connectivity index (χ1n) is 7.49. The largest absolute Gasteiger partial charge is 0.351 e. The van der Waals surface area contributed by atoms with Crippen molar-refractivity contribution in [2.75, 3.05) is 13.1 Å². The minimum atomic E-state index is -0.454. The number of amides is 1. The highest BCUT2D eigenvalue weighted by Crippen LogP contribution is 2.16. The molecule has 0 unspecified atom stereocenters. The normalized spacial score (nSPS) is 16.1. The van der Waals surface area contributed by atoms with Crippen molar-refractivity contribution >= 4 is 30.7 Å². The molecule has 6 heteroatoms. The Hall–Kier alpha value is -0.810. The molecule has 1 fully saturated rings. The maximum Gasteiger partial charge on any atom is 0.236 e. The molecule has 0 spiro atoms. The van der Waals surface area contributed by atoms with Gasteiger partial charge in [-0.05, 0) is 44.0 Å². The zero-order valence-corrected chi connectivity index (χ0v) is 14.7. The zero-order chi connectivity index (χ0) is 14.4. The minimum absolute atomic E-state index is 0. The van der Waals surface area contributed by atoms with Crippen molar-refractivity contribution < 1.29 is 4.79 Å². The van der Waals surface area contributed by atoms with E-state index in [0.29, 0.717) is 6.54 Å². The predicted octanol–water partition coefficient (Wildman–Crippen LogP) is 2.48. The van der Waals surface area contributed by atoms with E-state index in [-0.39, 0.29) is 30.7 Å². The molecular weight excluding hydrogens is 321 g/mol. The molecule has 126 valence electrons. The van der Waals surface area contributed by atoms with Gasteiger partial charge in [-0.3, -0.25) is 9.69 Å². The van der Waals surface area contributed by atoms with Gasteiger partial charge in [0.05, 0.1) is 6.04 Å². The van der Waals surface area contributed by atoms with Crippen molar-refractivity contribution in [2.24, 2.45) is 5.73 Å². The lowest BCUT2D eigenvalue weighted by molar-refractivity contribution is -0.122. The second-order valence-electron chi connectivity index (χ2n) is 5.61. The Morgan fingerprint density at radius 1 is 1.18 bits per heavy atom. The monoisotopic (exact) mass is 347 g/mol. The van der Waals surface area contributed by atoms with Crippen LogP contribution >= 0.6 is 24.8 Å². The van der Waals surface area contributed by atoms with E-state index in [0.717, 1.165) is 6.54 Å². The van der Waals surface area contributed by atoms with Crippen LogP contribution in [0.25, 0.3) is 0 Å². The molecule has 2 rings (SSSR count). The van der Waals surface area contributed by atoms with E-state index in [2.05, 4.69) is 28.4 Å². The van der Waals surface area contributed by atoms with E-state index in [4.69, 9.17) is 5.73 Å². The molecule has 0 aliphatic carbocycles. The summed E-state index contributed by atoms with van der Waals surface area (Å²) in [6, 6.07) is 7.87. The van der Waals surface area contributed by atoms with Gasteiger partial charge in [0.1, 0.15) is 0 Å². The van der Waals surface area contributed by atoms with Gasteiger partial charge in [-0.15, -0.1) is 24.8 Å². The third-order valence-corrected chi connectivity index (χ3v) is 3.83. The highest BCUT2D eigenvalue weighted by Gasteiger charge is 2.13. The van der Waals surface area contributed by atoms with Gasteiger partial charge in [0.25, 0.3) is 0 Å². The summed E-state index contributed by atoms with van der Waals surface area (Å²) in [4.78, 5) is 14.1. The van der Waals surface area contributed by atoms with Gasteiger partial charge in [0.2, 0.25) is 5.91 Å². The van der Waals surface area contributed by atoms with Crippen molar-refractivity contribution in [3.63, 3.8) is 0 Å². The third kappa shape index (κ3) is 6.53. The van der Waals surface area contributed by atoms with Crippen LogP contribution in [-0.2, 0) is 17.9 Å². The summed E-state index contributed by atoms with van der Waals surface area (Å²) in [6.07, 6.45) is 3.94. The van der Waals surface area contributed by atoms with Gasteiger partial charge >= 0.3 is 0 Å². The average Bonchev–Trinajstić information content (AvgIpc) is 2.47. The van der Waals surface area contributed by atoms with Gasteiger partial charge in [-0.25, -0.2) is 0 Å². The number of hydrogen-bond donors (Lipinski definition) is 2. The Morgan fingerprint density at radius 3 is 2.36 bits per heavy atom. The zero-order valence-electron chi connectivity index (χ0n) is 13.1. The number of likely N-dealkylation sites (tertiary alicyclic amines) is 1. The molecule has 22 heavy (non-hydrogen) atoms. The topological polar surface area (TPSA) is 58.4 Å². The molecule has 1 aliphatic heterocycles. The molecule has 1 aliphatic rings. The Morgan fingerprint density at radius 2 is 1.77 bits per heavy atom. The molecule has 0 radical (unpaired) electrons. The van der Waals surface area contributed by atoms with Crippen molar-refractivity contribution in [3.8, 4) is 0 Å². The van der Waals surface area contributed by atoms with Crippen LogP contribution in [0.2, 0.25) is 0 Å². The Labute approximate surface area is 145 Å². The van der Waals surface area contributed by atoms with E-state index in [1.54, 1.807) is 6.92 Å². The van der Waals surface area contributed by atoms with Gasteiger partial charge in [0.15, 0.2) is 0 Å². The number of rotatable bonds is 5. The molecule has 0 saturated carbocycles. The Kier molecular flexibility index (Phi) is 10.4. The summed E-state index contributed by atoms with van der Waals surface area (Å²) in [7, 11) is 0. The van der Waals surface area contributed by atoms with Gasteiger partial charge in [-0.2, -0.15) is 0 Å². The molecule has 4 nitrogen and oxygen atoms in total. The average molecular weight is 348 g/mol. The molecule has 1 aromatic carbocycles.